The summed E-state index contributed by atoms with van der Waals surface area (Å²) in [6, 6.07) is 13.2. The maximum atomic E-state index is 13.6. The van der Waals surface area contributed by atoms with Crippen LogP contribution in [0.1, 0.15) is 45.1 Å². The van der Waals surface area contributed by atoms with Crippen molar-refractivity contribution in [2.45, 2.75) is 52.0 Å². The molecule has 10 heteroatoms. The van der Waals surface area contributed by atoms with Gasteiger partial charge in [0.05, 0.1) is 28.6 Å². The summed E-state index contributed by atoms with van der Waals surface area (Å²) in [7, 11) is 0.508. The molecule has 0 radical (unpaired) electrons. The van der Waals surface area contributed by atoms with Crippen molar-refractivity contribution in [3.05, 3.63) is 68.3 Å². The third-order valence-corrected chi connectivity index (χ3v) is 9.31. The summed E-state index contributed by atoms with van der Waals surface area (Å²) in [6.45, 7) is 4.71. The number of amides is 2. The van der Waals surface area contributed by atoms with E-state index in [1.165, 1.54) is 12.0 Å². The van der Waals surface area contributed by atoms with Crippen molar-refractivity contribution in [2.24, 2.45) is 17.8 Å². The first-order valence-electron chi connectivity index (χ1n) is 14.5. The number of phenols is 1. The van der Waals surface area contributed by atoms with Gasteiger partial charge in [0, 0.05) is 6.54 Å². The molecular weight excluding hydrogens is 648 g/mol. The molecule has 0 spiro atoms. The van der Waals surface area contributed by atoms with E-state index in [1.807, 2.05) is 56.3 Å². The minimum Gasteiger partial charge on any atom is -0.504 e. The highest BCUT2D eigenvalue weighted by Gasteiger charge is 2.57. The maximum Gasteiger partial charge on any atom is 0.455 e. The Hall–Kier alpha value is -2.83. The number of imide groups is 1. The van der Waals surface area contributed by atoms with Gasteiger partial charge in [-0.15, -0.1) is 0 Å². The second-order valence-electron chi connectivity index (χ2n) is 11.3. The zero-order valence-corrected chi connectivity index (χ0v) is 26.4. The Morgan fingerprint density at radius 3 is 2.67 bits per heavy atom. The van der Waals surface area contributed by atoms with Gasteiger partial charge in [0.2, 0.25) is 11.8 Å². The highest BCUT2D eigenvalue weighted by atomic mass is 127. The van der Waals surface area contributed by atoms with E-state index in [1.54, 1.807) is 6.07 Å². The van der Waals surface area contributed by atoms with Crippen LogP contribution in [0.15, 0.2) is 59.2 Å². The summed E-state index contributed by atoms with van der Waals surface area (Å²) in [4.78, 5) is 28.4. The standard InChI is InChI=1S/C32H37BINO7/c1-4-12-35-31(37)23-16-21(18-41-22-8-6-5-7-9-22)28-24(29(23)32(35)38)17-33(39)42-26(28)11-10-19(2)13-20-14-25(34)30(36)27(15-20)40-3/h5-9,13-15,23-24,26,29,36,39H,4,10-12,16-18H2,1-3H3/b19-13+/t23-,24+,26-,29-/m1/s1. The highest BCUT2D eigenvalue weighted by Crippen LogP contribution is 2.50. The van der Waals surface area contributed by atoms with Crippen molar-refractivity contribution in [1.29, 1.82) is 0 Å². The topological polar surface area (TPSA) is 106 Å². The third-order valence-electron chi connectivity index (χ3n) is 8.49. The van der Waals surface area contributed by atoms with Crippen LogP contribution in [0.3, 0.4) is 0 Å². The molecule has 0 aromatic heterocycles. The predicted molar refractivity (Wildman–Crippen MR) is 169 cm³/mol. The van der Waals surface area contributed by atoms with Gasteiger partial charge in [-0.1, -0.05) is 36.8 Å². The molecule has 3 aliphatic rings. The maximum absolute atomic E-state index is 13.6. The number of nitrogens with zero attached hydrogens (tertiary/aromatic N) is 1. The summed E-state index contributed by atoms with van der Waals surface area (Å²) in [5.74, 6) is -0.172. The number of rotatable bonds is 10. The summed E-state index contributed by atoms with van der Waals surface area (Å²) >= 11 is 2.08. The normalized spacial score (nSPS) is 24.2. The number of benzene rings is 2. The number of aromatic hydroxyl groups is 1. The lowest BCUT2D eigenvalue weighted by molar-refractivity contribution is -0.140. The molecule has 2 fully saturated rings. The number of hydrogen-bond donors (Lipinski definition) is 2. The number of fused-ring (bicyclic) bond motifs is 3. The molecule has 42 heavy (non-hydrogen) atoms. The average Bonchev–Trinajstić information content (AvgIpc) is 3.21. The monoisotopic (exact) mass is 685 g/mol. The van der Waals surface area contributed by atoms with E-state index < -0.39 is 25.1 Å². The van der Waals surface area contributed by atoms with Gasteiger partial charge < -0.3 is 24.3 Å². The van der Waals surface area contributed by atoms with E-state index >= 15 is 0 Å². The molecule has 0 bridgehead atoms. The quantitative estimate of drug-likeness (QED) is 0.148. The number of ether oxygens (including phenoxy) is 2. The van der Waals surface area contributed by atoms with Gasteiger partial charge in [-0.2, -0.15) is 0 Å². The van der Waals surface area contributed by atoms with Gasteiger partial charge in [0.15, 0.2) is 11.5 Å². The number of carbonyl (C=O) groups excluding carboxylic acids is 2. The number of halogens is 1. The van der Waals surface area contributed by atoms with Crippen LogP contribution < -0.4 is 9.47 Å². The molecule has 2 saturated heterocycles. The fourth-order valence-electron chi connectivity index (χ4n) is 6.64. The molecule has 4 atom stereocenters. The first kappa shape index (κ1) is 30.6. The molecule has 2 heterocycles. The van der Waals surface area contributed by atoms with Gasteiger partial charge in [0.1, 0.15) is 12.4 Å². The van der Waals surface area contributed by atoms with Crippen LogP contribution in [0.4, 0.5) is 0 Å². The predicted octanol–water partition coefficient (Wildman–Crippen LogP) is 5.47. The van der Waals surface area contributed by atoms with Crippen molar-refractivity contribution < 1.29 is 33.8 Å². The number of hydrogen-bond acceptors (Lipinski definition) is 7. The zero-order chi connectivity index (χ0) is 30.0. The van der Waals surface area contributed by atoms with Crippen molar-refractivity contribution in [3.8, 4) is 17.2 Å². The van der Waals surface area contributed by atoms with E-state index in [9.17, 15) is 19.7 Å². The Morgan fingerprint density at radius 1 is 1.19 bits per heavy atom. The van der Waals surface area contributed by atoms with Crippen LogP contribution in [0.5, 0.6) is 17.2 Å². The van der Waals surface area contributed by atoms with Crippen LogP contribution in [0.2, 0.25) is 6.32 Å². The van der Waals surface area contributed by atoms with Crippen LogP contribution in [-0.2, 0) is 14.2 Å². The smallest absolute Gasteiger partial charge is 0.455 e. The Morgan fingerprint density at radius 2 is 1.95 bits per heavy atom. The highest BCUT2D eigenvalue weighted by molar-refractivity contribution is 14.1. The van der Waals surface area contributed by atoms with Gasteiger partial charge in [0.25, 0.3) is 0 Å². The first-order chi connectivity index (χ1) is 20.2. The fourth-order valence-corrected chi connectivity index (χ4v) is 7.27. The van der Waals surface area contributed by atoms with Gasteiger partial charge >= 0.3 is 7.12 Å². The minimum atomic E-state index is -1.02. The van der Waals surface area contributed by atoms with Gasteiger partial charge in [-0.25, -0.2) is 0 Å². The van der Waals surface area contributed by atoms with Gasteiger partial charge in [-0.05, 0) is 108 Å². The lowest BCUT2D eigenvalue weighted by Crippen LogP contribution is -2.46. The molecule has 1 aliphatic carbocycles. The van der Waals surface area contributed by atoms with Crippen molar-refractivity contribution in [1.82, 2.24) is 4.90 Å². The van der Waals surface area contributed by atoms with E-state index in [-0.39, 0.29) is 29.8 Å². The summed E-state index contributed by atoms with van der Waals surface area (Å²) < 4.78 is 18.3. The Labute approximate surface area is 261 Å². The lowest BCUT2D eigenvalue weighted by atomic mass is 9.58. The van der Waals surface area contributed by atoms with E-state index in [2.05, 4.69) is 22.6 Å². The number of likely N-dealkylation sites (tertiary alicyclic amines) is 1. The second kappa shape index (κ2) is 13.2. The molecule has 2 aromatic rings. The molecule has 2 N–H and O–H groups in total. The van der Waals surface area contributed by atoms with Crippen LogP contribution in [0, 0.1) is 21.3 Å². The van der Waals surface area contributed by atoms with E-state index in [0.29, 0.717) is 48.2 Å². The molecule has 5 rings (SSSR count). The minimum absolute atomic E-state index is 0.113. The number of carbonyl (C=O) groups is 2. The first-order valence-corrected chi connectivity index (χ1v) is 15.6. The number of phenolic OH excluding ortho intramolecular Hbond substituents is 1. The fraction of sp³-hybridized carbons (Fsp3) is 0.438. The lowest BCUT2D eigenvalue weighted by Gasteiger charge is -2.43. The summed E-state index contributed by atoms with van der Waals surface area (Å²) in [5.41, 5.74) is 4.00. The van der Waals surface area contributed by atoms with Crippen molar-refractivity contribution >= 4 is 47.6 Å². The average molecular weight is 685 g/mol. The molecule has 8 nitrogen and oxygen atoms in total. The Kier molecular flexibility index (Phi) is 9.64. The molecule has 0 unspecified atom stereocenters. The SMILES string of the molecule is CCCN1C(=O)[C@@H]2[C@@H](CC(COc3ccccc3)=C3[C@@H](CC/C(C)=C/c4cc(I)c(O)c(OC)c4)OB(O)C[C@@H]32)C1=O. The molecule has 2 amide bonds. The van der Waals surface area contributed by atoms with Crippen LogP contribution >= 0.6 is 22.6 Å². The number of methoxy groups -OCH3 is 1. The summed E-state index contributed by atoms with van der Waals surface area (Å²) in [6.07, 6.45) is 4.36. The molecule has 2 aromatic carbocycles. The van der Waals surface area contributed by atoms with Gasteiger partial charge in [-0.3, -0.25) is 14.5 Å². The second-order valence-corrected chi connectivity index (χ2v) is 12.5. The van der Waals surface area contributed by atoms with Crippen molar-refractivity contribution in [3.63, 3.8) is 0 Å². The van der Waals surface area contributed by atoms with Crippen molar-refractivity contribution in [2.75, 3.05) is 20.3 Å². The third kappa shape index (κ3) is 6.26. The zero-order valence-electron chi connectivity index (χ0n) is 24.2. The Balaban J connectivity index is 1.43. The summed E-state index contributed by atoms with van der Waals surface area (Å²) in [5, 5.41) is 21.0. The van der Waals surface area contributed by atoms with Crippen LogP contribution in [-0.4, -0.2) is 60.3 Å². The molecule has 222 valence electrons. The molecular formula is C32H37BINO7. The van der Waals surface area contributed by atoms with E-state index in [0.717, 1.165) is 28.0 Å². The van der Waals surface area contributed by atoms with Crippen LogP contribution in [0.25, 0.3) is 6.08 Å². The molecule has 2 aliphatic heterocycles. The Bertz CT molecular complexity index is 1390. The molecule has 0 saturated carbocycles. The largest absolute Gasteiger partial charge is 0.504 e. The van der Waals surface area contributed by atoms with E-state index in [4.69, 9.17) is 14.1 Å². The number of allylic oxidation sites excluding steroid dienone is 1. The number of para-hydroxylation sites is 1.